The van der Waals surface area contributed by atoms with Crippen molar-refractivity contribution in [3.05, 3.63) is 15.5 Å². The maximum Gasteiger partial charge on any atom is 0.303 e. The van der Waals surface area contributed by atoms with Crippen molar-refractivity contribution in [3.8, 4) is 5.88 Å². The number of hydrogen-bond donors (Lipinski definition) is 1. The van der Waals surface area contributed by atoms with Crippen LogP contribution < -0.4 is 4.74 Å². The fourth-order valence-corrected chi connectivity index (χ4v) is 2.96. The Labute approximate surface area is 120 Å². The van der Waals surface area contributed by atoms with Crippen LogP contribution in [-0.4, -0.2) is 33.9 Å². The maximum absolute atomic E-state index is 11.8. The number of fused-ring (bicyclic) bond motifs is 1. The Balaban J connectivity index is 2.31. The standard InChI is InChI=1S/C11H9BrN2O4S/c1-18-10-5(12)4-7-9(13-10)14-11(19-7)6(15)2-3-8(16)17/h4H,2-3H2,1H3,(H,16,17). The third kappa shape index (κ3) is 3.07. The van der Waals surface area contributed by atoms with Crippen LogP contribution in [0.5, 0.6) is 5.88 Å². The molecule has 0 aromatic carbocycles. The topological polar surface area (TPSA) is 89.4 Å². The average molecular weight is 345 g/mol. The maximum atomic E-state index is 11.8. The third-order valence-corrected chi connectivity index (χ3v) is 3.90. The summed E-state index contributed by atoms with van der Waals surface area (Å²) in [6.07, 6.45) is -0.261. The summed E-state index contributed by atoms with van der Waals surface area (Å²) in [5, 5.41) is 8.82. The molecule has 2 heterocycles. The van der Waals surface area contributed by atoms with Gasteiger partial charge in [0.05, 0.1) is 22.7 Å². The number of aliphatic carboxylic acids is 1. The lowest BCUT2D eigenvalue weighted by Crippen LogP contribution is -2.03. The molecule has 0 bridgehead atoms. The van der Waals surface area contributed by atoms with E-state index < -0.39 is 5.97 Å². The van der Waals surface area contributed by atoms with Crippen molar-refractivity contribution >= 4 is 49.4 Å². The first kappa shape index (κ1) is 13.9. The Morgan fingerprint density at radius 3 is 2.79 bits per heavy atom. The molecular formula is C11H9BrN2O4S. The largest absolute Gasteiger partial charge is 0.481 e. The van der Waals surface area contributed by atoms with Gasteiger partial charge in [0, 0.05) is 6.42 Å². The van der Waals surface area contributed by atoms with E-state index in [4.69, 9.17) is 9.84 Å². The van der Waals surface area contributed by atoms with Crippen LogP contribution in [0.4, 0.5) is 0 Å². The number of thiazole rings is 1. The first-order valence-electron chi connectivity index (χ1n) is 5.27. The van der Waals surface area contributed by atoms with E-state index in [0.29, 0.717) is 16.0 Å². The Morgan fingerprint density at radius 2 is 2.16 bits per heavy atom. The van der Waals surface area contributed by atoms with Crippen molar-refractivity contribution in [1.82, 2.24) is 9.97 Å². The Bertz CT molecular complexity index is 655. The second kappa shape index (κ2) is 5.62. The number of aromatic nitrogens is 2. The number of ketones is 1. The molecule has 0 amide bonds. The molecule has 0 aliphatic carbocycles. The molecule has 6 nitrogen and oxygen atoms in total. The zero-order valence-electron chi connectivity index (χ0n) is 9.84. The van der Waals surface area contributed by atoms with Crippen molar-refractivity contribution in [3.63, 3.8) is 0 Å². The number of rotatable bonds is 5. The van der Waals surface area contributed by atoms with E-state index in [0.717, 1.165) is 4.70 Å². The van der Waals surface area contributed by atoms with E-state index in [1.807, 2.05) is 0 Å². The Hall–Kier alpha value is -1.54. The summed E-state index contributed by atoms with van der Waals surface area (Å²) in [4.78, 5) is 30.5. The predicted molar refractivity (Wildman–Crippen MR) is 72.9 cm³/mol. The molecule has 2 aromatic rings. The van der Waals surface area contributed by atoms with Gasteiger partial charge in [-0.25, -0.2) is 4.98 Å². The van der Waals surface area contributed by atoms with Gasteiger partial charge in [-0.2, -0.15) is 4.98 Å². The first-order chi connectivity index (χ1) is 9.01. The van der Waals surface area contributed by atoms with Gasteiger partial charge in [0.25, 0.3) is 0 Å². The fraction of sp³-hybridized carbons (Fsp3) is 0.273. The van der Waals surface area contributed by atoms with Crippen LogP contribution >= 0.6 is 27.3 Å². The second-order valence-electron chi connectivity index (χ2n) is 3.64. The second-order valence-corrected chi connectivity index (χ2v) is 5.52. The van der Waals surface area contributed by atoms with Crippen LogP contribution in [0, 0.1) is 0 Å². The van der Waals surface area contributed by atoms with Crippen molar-refractivity contribution in [2.24, 2.45) is 0 Å². The molecule has 0 saturated heterocycles. The molecule has 0 fully saturated rings. The van der Waals surface area contributed by atoms with Crippen LogP contribution in [0.2, 0.25) is 0 Å². The number of pyridine rings is 1. The highest BCUT2D eigenvalue weighted by molar-refractivity contribution is 9.10. The van der Waals surface area contributed by atoms with E-state index in [-0.39, 0.29) is 23.6 Å². The molecule has 0 atom stereocenters. The normalized spacial score (nSPS) is 10.6. The minimum Gasteiger partial charge on any atom is -0.481 e. The molecule has 19 heavy (non-hydrogen) atoms. The molecule has 0 radical (unpaired) electrons. The Kier molecular flexibility index (Phi) is 4.11. The summed E-state index contributed by atoms with van der Waals surface area (Å²) in [5.41, 5.74) is 0.420. The summed E-state index contributed by atoms with van der Waals surface area (Å²) >= 11 is 4.49. The molecule has 100 valence electrons. The van der Waals surface area contributed by atoms with Gasteiger partial charge in [0.15, 0.2) is 16.4 Å². The molecule has 2 rings (SSSR count). The number of carboxylic acids is 1. The molecule has 0 saturated carbocycles. The van der Waals surface area contributed by atoms with E-state index in [2.05, 4.69) is 25.9 Å². The third-order valence-electron chi connectivity index (χ3n) is 2.30. The number of nitrogens with zero attached hydrogens (tertiary/aromatic N) is 2. The quantitative estimate of drug-likeness (QED) is 0.838. The number of carbonyl (C=O) groups is 2. The molecule has 0 aliphatic heterocycles. The molecule has 0 spiro atoms. The lowest BCUT2D eigenvalue weighted by Gasteiger charge is -1.99. The number of methoxy groups -OCH3 is 1. The highest BCUT2D eigenvalue weighted by Gasteiger charge is 2.16. The van der Waals surface area contributed by atoms with Gasteiger partial charge in [0.1, 0.15) is 0 Å². The van der Waals surface area contributed by atoms with E-state index in [1.165, 1.54) is 18.4 Å². The lowest BCUT2D eigenvalue weighted by molar-refractivity contribution is -0.136. The van der Waals surface area contributed by atoms with Gasteiger partial charge >= 0.3 is 5.97 Å². The summed E-state index contributed by atoms with van der Waals surface area (Å²) < 4.78 is 6.46. The zero-order valence-corrected chi connectivity index (χ0v) is 12.2. The Morgan fingerprint density at radius 1 is 1.42 bits per heavy atom. The van der Waals surface area contributed by atoms with Crippen molar-refractivity contribution in [1.29, 1.82) is 0 Å². The van der Waals surface area contributed by atoms with Crippen LogP contribution in [0.1, 0.15) is 22.6 Å². The van der Waals surface area contributed by atoms with Gasteiger partial charge in [-0.1, -0.05) is 0 Å². The molecule has 0 aliphatic rings. The number of halogens is 1. The van der Waals surface area contributed by atoms with Gasteiger partial charge < -0.3 is 9.84 Å². The number of ether oxygens (including phenoxy) is 1. The predicted octanol–water partition coefficient (Wildman–Crippen LogP) is 2.51. The van der Waals surface area contributed by atoms with Crippen molar-refractivity contribution in [2.75, 3.05) is 7.11 Å². The number of carboxylic acid groups (broad SMARTS) is 1. The molecule has 2 aromatic heterocycles. The molecule has 8 heteroatoms. The van der Waals surface area contributed by atoms with Crippen LogP contribution in [-0.2, 0) is 4.79 Å². The van der Waals surface area contributed by atoms with E-state index in [1.54, 1.807) is 6.07 Å². The summed E-state index contributed by atoms with van der Waals surface area (Å²) in [6.45, 7) is 0. The van der Waals surface area contributed by atoms with E-state index in [9.17, 15) is 9.59 Å². The summed E-state index contributed by atoms with van der Waals surface area (Å²) in [6, 6.07) is 1.77. The number of carbonyl (C=O) groups excluding carboxylic acids is 1. The van der Waals surface area contributed by atoms with Crippen LogP contribution in [0.25, 0.3) is 10.3 Å². The molecule has 1 N–H and O–H groups in total. The fourth-order valence-electron chi connectivity index (χ4n) is 1.41. The SMILES string of the molecule is COc1nc2nc(C(=O)CCC(=O)O)sc2cc1Br. The van der Waals surface area contributed by atoms with Gasteiger partial charge in [0.2, 0.25) is 5.88 Å². The highest BCUT2D eigenvalue weighted by Crippen LogP contribution is 2.30. The minimum absolute atomic E-state index is 0.0620. The van der Waals surface area contributed by atoms with Crippen molar-refractivity contribution in [2.45, 2.75) is 12.8 Å². The summed E-state index contributed by atoms with van der Waals surface area (Å²) in [7, 11) is 1.49. The number of hydrogen-bond acceptors (Lipinski definition) is 6. The molecule has 0 unspecified atom stereocenters. The van der Waals surface area contributed by atoms with Gasteiger partial charge in [-0.15, -0.1) is 11.3 Å². The lowest BCUT2D eigenvalue weighted by atomic mass is 10.2. The van der Waals surface area contributed by atoms with Crippen LogP contribution in [0.3, 0.4) is 0 Å². The average Bonchev–Trinajstić information content (AvgIpc) is 2.77. The highest BCUT2D eigenvalue weighted by atomic mass is 79.9. The first-order valence-corrected chi connectivity index (χ1v) is 6.88. The van der Waals surface area contributed by atoms with Crippen LogP contribution in [0.15, 0.2) is 10.5 Å². The van der Waals surface area contributed by atoms with Gasteiger partial charge in [-0.3, -0.25) is 9.59 Å². The number of Topliss-reactive ketones (excluding diaryl/α,β-unsaturated/α-hetero) is 1. The molecular weight excluding hydrogens is 336 g/mol. The monoisotopic (exact) mass is 344 g/mol. The smallest absolute Gasteiger partial charge is 0.303 e. The van der Waals surface area contributed by atoms with E-state index >= 15 is 0 Å². The minimum atomic E-state index is -1.00. The summed E-state index contributed by atoms with van der Waals surface area (Å²) in [5.74, 6) is -0.903. The zero-order chi connectivity index (χ0) is 14.0. The van der Waals surface area contributed by atoms with Gasteiger partial charge in [-0.05, 0) is 22.0 Å². The van der Waals surface area contributed by atoms with Crippen molar-refractivity contribution < 1.29 is 19.4 Å².